The number of imidazole rings is 1. The lowest BCUT2D eigenvalue weighted by atomic mass is 10.0. The molecule has 0 radical (unpaired) electrons. The lowest BCUT2D eigenvalue weighted by Gasteiger charge is -2.08. The molecule has 1 aromatic carbocycles. The number of nitrogens with zero attached hydrogens (tertiary/aromatic N) is 2. The predicted molar refractivity (Wildman–Crippen MR) is 64.4 cm³/mol. The van der Waals surface area contributed by atoms with Gasteiger partial charge in [-0.25, -0.2) is 4.79 Å². The van der Waals surface area contributed by atoms with Crippen molar-refractivity contribution in [3.05, 3.63) is 52.7 Å². The summed E-state index contributed by atoms with van der Waals surface area (Å²) < 4.78 is 8.93. The van der Waals surface area contributed by atoms with Gasteiger partial charge in [-0.1, -0.05) is 18.2 Å². The third kappa shape index (κ3) is 1.65. The zero-order valence-corrected chi connectivity index (χ0v) is 9.67. The summed E-state index contributed by atoms with van der Waals surface area (Å²) in [5.74, 6) is 1.22. The first-order valence-corrected chi connectivity index (χ1v) is 5.69. The van der Waals surface area contributed by atoms with Crippen molar-refractivity contribution in [3.8, 4) is 5.75 Å². The van der Waals surface area contributed by atoms with E-state index in [0.29, 0.717) is 13.2 Å². The average Bonchev–Trinajstić information content (AvgIpc) is 2.89. The first-order chi connectivity index (χ1) is 8.25. The summed E-state index contributed by atoms with van der Waals surface area (Å²) in [6, 6.07) is 8.02. The largest absolute Gasteiger partial charge is 0.493 e. The Bertz CT molecular complexity index is 597. The van der Waals surface area contributed by atoms with Gasteiger partial charge in [-0.05, 0) is 6.07 Å². The molecule has 2 heterocycles. The Balaban J connectivity index is 1.89. The van der Waals surface area contributed by atoms with Crippen LogP contribution in [0.1, 0.15) is 11.5 Å². The van der Waals surface area contributed by atoms with E-state index in [9.17, 15) is 4.79 Å². The molecular formula is C13H14N2O2. The minimum atomic E-state index is 0.0226. The van der Waals surface area contributed by atoms with Crippen molar-refractivity contribution in [1.82, 2.24) is 9.13 Å². The molecule has 0 fully saturated rings. The molecule has 0 N–H and O–H groups in total. The van der Waals surface area contributed by atoms with Crippen LogP contribution in [0.15, 0.2) is 41.5 Å². The van der Waals surface area contributed by atoms with E-state index in [1.54, 1.807) is 22.4 Å². The molecule has 0 bridgehead atoms. The molecule has 17 heavy (non-hydrogen) atoms. The van der Waals surface area contributed by atoms with Crippen LogP contribution in [0.2, 0.25) is 0 Å². The molecule has 0 saturated heterocycles. The molecule has 3 rings (SSSR count). The van der Waals surface area contributed by atoms with Gasteiger partial charge in [-0.15, -0.1) is 0 Å². The minimum absolute atomic E-state index is 0.0226. The van der Waals surface area contributed by atoms with E-state index >= 15 is 0 Å². The van der Waals surface area contributed by atoms with E-state index in [2.05, 4.69) is 6.07 Å². The molecule has 1 aliphatic heterocycles. The van der Waals surface area contributed by atoms with Gasteiger partial charge >= 0.3 is 5.69 Å². The number of rotatable bonds is 2. The lowest BCUT2D eigenvalue weighted by molar-refractivity contribution is 0.317. The molecule has 0 amide bonds. The molecule has 4 heteroatoms. The average molecular weight is 230 g/mol. The van der Waals surface area contributed by atoms with Crippen LogP contribution in [0.3, 0.4) is 0 Å². The number of hydrogen-bond acceptors (Lipinski definition) is 2. The van der Waals surface area contributed by atoms with Gasteiger partial charge in [-0.3, -0.25) is 4.57 Å². The van der Waals surface area contributed by atoms with Crippen molar-refractivity contribution in [2.75, 3.05) is 6.61 Å². The zero-order chi connectivity index (χ0) is 11.8. The van der Waals surface area contributed by atoms with Crippen molar-refractivity contribution >= 4 is 0 Å². The summed E-state index contributed by atoms with van der Waals surface area (Å²) in [5, 5.41) is 0. The Morgan fingerprint density at radius 1 is 1.35 bits per heavy atom. The van der Waals surface area contributed by atoms with Crippen molar-refractivity contribution < 1.29 is 4.74 Å². The molecule has 1 unspecified atom stereocenters. The molecule has 0 saturated carbocycles. The third-order valence-corrected chi connectivity index (χ3v) is 3.23. The molecular weight excluding hydrogens is 216 g/mol. The molecule has 0 aliphatic carbocycles. The van der Waals surface area contributed by atoms with Crippen molar-refractivity contribution in [1.29, 1.82) is 0 Å². The van der Waals surface area contributed by atoms with Gasteiger partial charge in [0.25, 0.3) is 0 Å². The van der Waals surface area contributed by atoms with Crippen molar-refractivity contribution in [3.63, 3.8) is 0 Å². The summed E-state index contributed by atoms with van der Waals surface area (Å²) in [6.07, 6.45) is 3.60. The number of para-hydroxylation sites is 1. The van der Waals surface area contributed by atoms with Crippen LogP contribution in [0, 0.1) is 0 Å². The highest BCUT2D eigenvalue weighted by Gasteiger charge is 2.24. The van der Waals surface area contributed by atoms with E-state index < -0.39 is 0 Å². The van der Waals surface area contributed by atoms with Gasteiger partial charge in [0.15, 0.2) is 0 Å². The summed E-state index contributed by atoms with van der Waals surface area (Å²) in [7, 11) is 1.76. The van der Waals surface area contributed by atoms with Crippen LogP contribution in [-0.4, -0.2) is 15.7 Å². The van der Waals surface area contributed by atoms with Gasteiger partial charge in [-0.2, -0.15) is 0 Å². The Morgan fingerprint density at radius 3 is 2.94 bits per heavy atom. The van der Waals surface area contributed by atoms with Crippen molar-refractivity contribution in [2.45, 2.75) is 12.5 Å². The van der Waals surface area contributed by atoms with Crippen LogP contribution in [0.4, 0.5) is 0 Å². The predicted octanol–water partition coefficient (Wildman–Crippen LogP) is 1.36. The fourth-order valence-electron chi connectivity index (χ4n) is 2.27. The Labute approximate surface area is 99.1 Å². The molecule has 88 valence electrons. The molecule has 2 aromatic rings. The number of hydrogen-bond donors (Lipinski definition) is 0. The van der Waals surface area contributed by atoms with Gasteiger partial charge in [0.1, 0.15) is 5.75 Å². The van der Waals surface area contributed by atoms with Crippen LogP contribution < -0.4 is 10.4 Å². The normalized spacial score (nSPS) is 17.8. The molecule has 1 aliphatic rings. The van der Waals surface area contributed by atoms with Gasteiger partial charge in [0, 0.05) is 37.5 Å². The number of ether oxygens (including phenoxy) is 1. The standard InChI is InChI=1S/C13H14N2O2/c1-14-6-7-15(13(14)16)8-10-9-17-12-5-3-2-4-11(10)12/h2-7,10H,8-9H2,1H3. The van der Waals surface area contributed by atoms with Crippen LogP contribution in [0.25, 0.3) is 0 Å². The molecule has 0 spiro atoms. The van der Waals surface area contributed by atoms with E-state index in [1.165, 1.54) is 5.56 Å². The van der Waals surface area contributed by atoms with E-state index in [1.807, 2.05) is 24.4 Å². The maximum Gasteiger partial charge on any atom is 0.327 e. The fourth-order valence-corrected chi connectivity index (χ4v) is 2.27. The molecule has 1 aromatic heterocycles. The monoisotopic (exact) mass is 230 g/mol. The molecule has 4 nitrogen and oxygen atoms in total. The zero-order valence-electron chi connectivity index (χ0n) is 9.67. The van der Waals surface area contributed by atoms with Crippen molar-refractivity contribution in [2.24, 2.45) is 7.05 Å². The smallest absolute Gasteiger partial charge is 0.327 e. The Hall–Kier alpha value is -1.97. The summed E-state index contributed by atoms with van der Waals surface area (Å²) >= 11 is 0. The van der Waals surface area contributed by atoms with Gasteiger partial charge in [0.2, 0.25) is 0 Å². The second-order valence-corrected chi connectivity index (χ2v) is 4.39. The highest BCUT2D eigenvalue weighted by molar-refractivity contribution is 5.39. The summed E-state index contributed by atoms with van der Waals surface area (Å²) in [6.45, 7) is 1.33. The highest BCUT2D eigenvalue weighted by atomic mass is 16.5. The second kappa shape index (κ2) is 3.80. The number of aromatic nitrogens is 2. The van der Waals surface area contributed by atoms with E-state index in [-0.39, 0.29) is 11.6 Å². The van der Waals surface area contributed by atoms with Gasteiger partial charge in [0.05, 0.1) is 6.61 Å². The lowest BCUT2D eigenvalue weighted by Crippen LogP contribution is -2.24. The van der Waals surface area contributed by atoms with Gasteiger partial charge < -0.3 is 9.30 Å². The number of aryl methyl sites for hydroxylation is 1. The van der Waals surface area contributed by atoms with E-state index in [4.69, 9.17) is 4.74 Å². The first-order valence-electron chi connectivity index (χ1n) is 5.69. The topological polar surface area (TPSA) is 36.2 Å². The highest BCUT2D eigenvalue weighted by Crippen LogP contribution is 2.33. The maximum absolute atomic E-state index is 11.8. The third-order valence-electron chi connectivity index (χ3n) is 3.23. The van der Waals surface area contributed by atoms with E-state index in [0.717, 1.165) is 5.75 Å². The van der Waals surface area contributed by atoms with Crippen LogP contribution in [-0.2, 0) is 13.6 Å². The minimum Gasteiger partial charge on any atom is -0.493 e. The first kappa shape index (κ1) is 10.2. The molecule has 1 atom stereocenters. The maximum atomic E-state index is 11.8. The quantitative estimate of drug-likeness (QED) is 0.781. The Morgan fingerprint density at radius 2 is 2.18 bits per heavy atom. The number of benzene rings is 1. The van der Waals surface area contributed by atoms with Crippen LogP contribution in [0.5, 0.6) is 5.75 Å². The SMILES string of the molecule is Cn1ccn(CC2COc3ccccc32)c1=O. The summed E-state index contributed by atoms with van der Waals surface area (Å²) in [5.41, 5.74) is 1.22. The fraction of sp³-hybridized carbons (Fsp3) is 0.308. The summed E-state index contributed by atoms with van der Waals surface area (Å²) in [4.78, 5) is 11.8. The van der Waals surface area contributed by atoms with Crippen LogP contribution >= 0.6 is 0 Å². The Kier molecular flexibility index (Phi) is 2.28. The second-order valence-electron chi connectivity index (χ2n) is 4.39. The number of fused-ring (bicyclic) bond motifs is 1.